The maximum atomic E-state index is 11.8. The Bertz CT molecular complexity index is 391. The van der Waals surface area contributed by atoms with E-state index in [-0.39, 0.29) is 17.7 Å². The molecular weight excluding hydrogens is 286 g/mol. The highest BCUT2D eigenvalue weighted by molar-refractivity contribution is 9.10. The summed E-state index contributed by atoms with van der Waals surface area (Å²) in [6.07, 6.45) is 4.33. The first-order valence-corrected chi connectivity index (χ1v) is 6.70. The van der Waals surface area contributed by atoms with Gasteiger partial charge in [-0.3, -0.25) is 4.79 Å². The van der Waals surface area contributed by atoms with Crippen molar-refractivity contribution in [2.75, 3.05) is 0 Å². The highest BCUT2D eigenvalue weighted by Crippen LogP contribution is 2.19. The monoisotopic (exact) mass is 301 g/mol. The minimum atomic E-state index is -0.445. The van der Waals surface area contributed by atoms with E-state index in [0.29, 0.717) is 4.67 Å². The van der Waals surface area contributed by atoms with Crippen LogP contribution in [0.4, 0.5) is 0 Å². The minimum absolute atomic E-state index is 0.158. The van der Waals surface area contributed by atoms with Gasteiger partial charge in [0.05, 0.1) is 12.1 Å². The summed E-state index contributed by atoms with van der Waals surface area (Å²) in [5.74, 6) is 0.00923. The van der Waals surface area contributed by atoms with Crippen molar-refractivity contribution >= 4 is 21.8 Å². The van der Waals surface area contributed by atoms with Gasteiger partial charge in [0, 0.05) is 0 Å². The van der Waals surface area contributed by atoms with Gasteiger partial charge in [0.2, 0.25) is 0 Å². The van der Waals surface area contributed by atoms with Crippen LogP contribution in [0, 0.1) is 0 Å². The molecule has 0 aromatic carbocycles. The fourth-order valence-electron chi connectivity index (χ4n) is 2.13. The molecule has 2 atom stereocenters. The number of nitrogens with one attached hydrogen (secondary N) is 1. The molecule has 1 amide bonds. The second-order valence-corrected chi connectivity index (χ2v) is 5.17. The van der Waals surface area contributed by atoms with Gasteiger partial charge in [0.15, 0.2) is 10.4 Å². The number of aliphatic hydroxyl groups is 1. The number of halogens is 1. The van der Waals surface area contributed by atoms with Gasteiger partial charge in [-0.2, -0.15) is 0 Å². The predicted octanol–water partition coefficient (Wildman–Crippen LogP) is 2.47. The normalized spacial score (nSPS) is 25.3. The third-order valence-electron chi connectivity index (χ3n) is 3.09. The van der Waals surface area contributed by atoms with Gasteiger partial charge in [-0.05, 0) is 40.9 Å². The first-order chi connectivity index (χ1) is 8.16. The number of hydrogen-bond acceptors (Lipinski definition) is 3. The smallest absolute Gasteiger partial charge is 0.287 e. The highest BCUT2D eigenvalue weighted by Gasteiger charge is 2.24. The molecule has 0 bridgehead atoms. The maximum absolute atomic E-state index is 11.8. The summed E-state index contributed by atoms with van der Waals surface area (Å²) in [7, 11) is 0. The number of hydrogen-bond donors (Lipinski definition) is 2. The lowest BCUT2D eigenvalue weighted by Crippen LogP contribution is -2.42. The van der Waals surface area contributed by atoms with E-state index in [1.165, 1.54) is 0 Å². The van der Waals surface area contributed by atoms with E-state index >= 15 is 0 Å². The van der Waals surface area contributed by atoms with Crippen molar-refractivity contribution in [2.24, 2.45) is 0 Å². The first-order valence-electron chi connectivity index (χ1n) is 5.91. The summed E-state index contributed by atoms with van der Waals surface area (Å²) >= 11 is 3.15. The van der Waals surface area contributed by atoms with Gasteiger partial charge >= 0.3 is 0 Å². The summed E-state index contributed by atoms with van der Waals surface area (Å²) in [4.78, 5) is 11.8. The van der Waals surface area contributed by atoms with Crippen LogP contribution in [0.25, 0.3) is 0 Å². The zero-order valence-electron chi connectivity index (χ0n) is 9.49. The van der Waals surface area contributed by atoms with Crippen LogP contribution in [0.15, 0.2) is 21.2 Å². The van der Waals surface area contributed by atoms with Crippen LogP contribution in [0.5, 0.6) is 0 Å². The zero-order chi connectivity index (χ0) is 12.3. The average molecular weight is 302 g/mol. The Labute approximate surface area is 109 Å². The number of furan rings is 1. The molecule has 1 fully saturated rings. The van der Waals surface area contributed by atoms with Crippen LogP contribution in [0.3, 0.4) is 0 Å². The van der Waals surface area contributed by atoms with E-state index < -0.39 is 6.10 Å². The third kappa shape index (κ3) is 3.33. The van der Waals surface area contributed by atoms with E-state index in [4.69, 9.17) is 4.42 Å². The number of carbonyl (C=O) groups excluding carboxylic acids is 1. The molecule has 5 heteroatoms. The van der Waals surface area contributed by atoms with Crippen LogP contribution < -0.4 is 5.32 Å². The maximum Gasteiger partial charge on any atom is 0.287 e. The van der Waals surface area contributed by atoms with Crippen molar-refractivity contribution in [3.8, 4) is 0 Å². The van der Waals surface area contributed by atoms with Crippen molar-refractivity contribution in [1.82, 2.24) is 5.32 Å². The molecule has 2 unspecified atom stereocenters. The van der Waals surface area contributed by atoms with E-state index in [0.717, 1.165) is 32.1 Å². The zero-order valence-corrected chi connectivity index (χ0v) is 11.1. The Kier molecular flexibility index (Phi) is 4.23. The molecule has 0 saturated heterocycles. The third-order valence-corrected chi connectivity index (χ3v) is 3.52. The predicted molar refractivity (Wildman–Crippen MR) is 66.8 cm³/mol. The highest BCUT2D eigenvalue weighted by atomic mass is 79.9. The molecule has 94 valence electrons. The van der Waals surface area contributed by atoms with Crippen LogP contribution in [-0.2, 0) is 0 Å². The molecule has 0 spiro atoms. The fourth-order valence-corrected chi connectivity index (χ4v) is 2.44. The molecule has 4 nitrogen and oxygen atoms in total. The lowest BCUT2D eigenvalue weighted by Gasteiger charge is -2.20. The SMILES string of the molecule is O=C(NC1CCCCCC1O)c1ccc(Br)o1. The Morgan fingerprint density at radius 1 is 1.35 bits per heavy atom. The molecule has 2 N–H and O–H groups in total. The van der Waals surface area contributed by atoms with E-state index in [1.54, 1.807) is 12.1 Å². The van der Waals surface area contributed by atoms with Crippen molar-refractivity contribution in [3.63, 3.8) is 0 Å². The van der Waals surface area contributed by atoms with Crippen molar-refractivity contribution in [3.05, 3.63) is 22.6 Å². The lowest BCUT2D eigenvalue weighted by molar-refractivity contribution is 0.0793. The van der Waals surface area contributed by atoms with Crippen molar-refractivity contribution in [2.45, 2.75) is 44.2 Å². The number of carbonyl (C=O) groups is 1. The largest absolute Gasteiger partial charge is 0.444 e. The molecule has 1 aromatic heterocycles. The van der Waals surface area contributed by atoms with Crippen LogP contribution in [-0.4, -0.2) is 23.2 Å². The van der Waals surface area contributed by atoms with Crippen molar-refractivity contribution < 1.29 is 14.3 Å². The number of aliphatic hydroxyl groups excluding tert-OH is 1. The van der Waals surface area contributed by atoms with Gasteiger partial charge < -0.3 is 14.8 Å². The average Bonchev–Trinajstić information content (AvgIpc) is 2.63. The molecule has 1 heterocycles. The Hall–Kier alpha value is -0.810. The Balaban J connectivity index is 1.97. The summed E-state index contributed by atoms with van der Waals surface area (Å²) in [6.45, 7) is 0. The summed E-state index contributed by atoms with van der Waals surface area (Å²) in [5, 5.41) is 12.7. The number of amides is 1. The van der Waals surface area contributed by atoms with Gasteiger partial charge in [0.25, 0.3) is 5.91 Å². The minimum Gasteiger partial charge on any atom is -0.444 e. The standard InChI is InChI=1S/C12H16BrNO3/c13-11-7-6-10(17-11)12(16)14-8-4-2-1-3-5-9(8)15/h6-9,15H,1-5H2,(H,14,16). The second kappa shape index (κ2) is 5.69. The van der Waals surface area contributed by atoms with E-state index in [9.17, 15) is 9.90 Å². The number of rotatable bonds is 2. The topological polar surface area (TPSA) is 62.5 Å². The lowest BCUT2D eigenvalue weighted by atomic mass is 10.1. The second-order valence-electron chi connectivity index (χ2n) is 4.39. The summed E-state index contributed by atoms with van der Waals surface area (Å²) < 4.78 is 5.71. The van der Waals surface area contributed by atoms with E-state index in [1.807, 2.05) is 0 Å². The van der Waals surface area contributed by atoms with Gasteiger partial charge in [-0.1, -0.05) is 19.3 Å². The Morgan fingerprint density at radius 3 is 2.82 bits per heavy atom. The quantitative estimate of drug-likeness (QED) is 0.825. The molecule has 1 aliphatic carbocycles. The van der Waals surface area contributed by atoms with Crippen LogP contribution in [0.1, 0.15) is 42.7 Å². The molecule has 2 rings (SSSR count). The molecule has 1 saturated carbocycles. The first kappa shape index (κ1) is 12.6. The molecular formula is C12H16BrNO3. The molecule has 1 aliphatic rings. The fraction of sp³-hybridized carbons (Fsp3) is 0.583. The van der Waals surface area contributed by atoms with Gasteiger partial charge in [0.1, 0.15) is 0 Å². The molecule has 0 radical (unpaired) electrons. The molecule has 1 aromatic rings. The van der Waals surface area contributed by atoms with Gasteiger partial charge in [-0.25, -0.2) is 0 Å². The van der Waals surface area contributed by atoms with E-state index in [2.05, 4.69) is 21.2 Å². The van der Waals surface area contributed by atoms with Crippen molar-refractivity contribution in [1.29, 1.82) is 0 Å². The summed E-state index contributed by atoms with van der Waals surface area (Å²) in [6, 6.07) is 3.13. The van der Waals surface area contributed by atoms with Crippen LogP contribution in [0.2, 0.25) is 0 Å². The molecule has 17 heavy (non-hydrogen) atoms. The molecule has 0 aliphatic heterocycles. The van der Waals surface area contributed by atoms with Gasteiger partial charge in [-0.15, -0.1) is 0 Å². The summed E-state index contributed by atoms with van der Waals surface area (Å²) in [5.41, 5.74) is 0. The van der Waals surface area contributed by atoms with Crippen LogP contribution >= 0.6 is 15.9 Å². The Morgan fingerprint density at radius 2 is 2.12 bits per heavy atom.